The third-order valence-corrected chi connectivity index (χ3v) is 3.64. The number of hydrogen-bond donors (Lipinski definition) is 0. The van der Waals surface area contributed by atoms with Crippen molar-refractivity contribution in [3.05, 3.63) is 12.3 Å². The van der Waals surface area contributed by atoms with E-state index >= 15 is 0 Å². The lowest BCUT2D eigenvalue weighted by Crippen LogP contribution is -2.61. The molecule has 0 radical (unpaired) electrons. The number of fused-ring (bicyclic) bond motifs is 1. The molecular formula is C12H19N3O. The van der Waals surface area contributed by atoms with Gasteiger partial charge in [0.25, 0.3) is 0 Å². The van der Waals surface area contributed by atoms with Crippen molar-refractivity contribution in [2.45, 2.75) is 38.5 Å². The maximum atomic E-state index is 9.19. The van der Waals surface area contributed by atoms with Crippen molar-refractivity contribution in [2.75, 3.05) is 14.1 Å². The van der Waals surface area contributed by atoms with Crippen LogP contribution in [0, 0.1) is 16.7 Å². The summed E-state index contributed by atoms with van der Waals surface area (Å²) in [7, 11) is 3.94. The second-order valence-corrected chi connectivity index (χ2v) is 5.13. The normalized spacial score (nSPS) is 38.9. The van der Waals surface area contributed by atoms with Gasteiger partial charge in [0.15, 0.2) is 6.23 Å². The Morgan fingerprint density at radius 1 is 1.56 bits per heavy atom. The van der Waals surface area contributed by atoms with E-state index in [9.17, 15) is 5.26 Å². The molecule has 4 heteroatoms. The lowest BCUT2D eigenvalue weighted by Gasteiger charge is -2.52. The van der Waals surface area contributed by atoms with Crippen molar-refractivity contribution in [1.82, 2.24) is 10.0 Å². The van der Waals surface area contributed by atoms with Gasteiger partial charge >= 0.3 is 0 Å². The van der Waals surface area contributed by atoms with E-state index in [1.165, 1.54) is 0 Å². The van der Waals surface area contributed by atoms with E-state index in [1.807, 2.05) is 19.1 Å². The number of nitriles is 1. The summed E-state index contributed by atoms with van der Waals surface area (Å²) in [6.07, 6.45) is 6.83. The van der Waals surface area contributed by atoms with Crippen LogP contribution in [0.15, 0.2) is 12.3 Å². The summed E-state index contributed by atoms with van der Waals surface area (Å²) in [5, 5.41) is 13.2. The van der Waals surface area contributed by atoms with Crippen LogP contribution in [-0.2, 0) is 4.74 Å². The molecule has 2 aliphatic heterocycles. The number of rotatable bonds is 1. The van der Waals surface area contributed by atoms with Gasteiger partial charge < -0.3 is 4.74 Å². The van der Waals surface area contributed by atoms with Crippen LogP contribution >= 0.6 is 0 Å². The monoisotopic (exact) mass is 221 g/mol. The Balaban J connectivity index is 2.29. The third kappa shape index (κ3) is 1.70. The van der Waals surface area contributed by atoms with Crippen LogP contribution < -0.4 is 0 Å². The molecule has 2 rings (SSSR count). The molecule has 0 saturated carbocycles. The van der Waals surface area contributed by atoms with E-state index in [2.05, 4.69) is 24.1 Å². The molecule has 0 aliphatic carbocycles. The van der Waals surface area contributed by atoms with E-state index in [0.29, 0.717) is 0 Å². The average molecular weight is 221 g/mol. The highest BCUT2D eigenvalue weighted by Gasteiger charge is 2.48. The number of allylic oxidation sites excluding steroid dienone is 1. The Hall–Kier alpha value is -1.05. The first-order valence-corrected chi connectivity index (χ1v) is 5.74. The second kappa shape index (κ2) is 4.08. The van der Waals surface area contributed by atoms with Crippen LogP contribution in [0.25, 0.3) is 0 Å². The summed E-state index contributed by atoms with van der Waals surface area (Å²) >= 11 is 0. The Bertz CT molecular complexity index is 334. The molecule has 1 saturated heterocycles. The fourth-order valence-corrected chi connectivity index (χ4v) is 2.69. The topological polar surface area (TPSA) is 39.5 Å². The molecular weight excluding hydrogens is 202 g/mol. The largest absolute Gasteiger partial charge is 0.481 e. The standard InChI is InChI=1S/C12H19N3O/c1-12-6-4-8-16-11(12)15(14(2)3)10(9-13)5-7-12/h4,8,10-11H,5-7H2,1-3H3/t10?,11-,12-/m0/s1. The summed E-state index contributed by atoms with van der Waals surface area (Å²) < 4.78 is 5.74. The summed E-state index contributed by atoms with van der Waals surface area (Å²) in [4.78, 5) is 0. The van der Waals surface area contributed by atoms with Gasteiger partial charge in [0.1, 0.15) is 6.04 Å². The molecule has 0 aromatic heterocycles. The van der Waals surface area contributed by atoms with Gasteiger partial charge in [0, 0.05) is 19.5 Å². The van der Waals surface area contributed by atoms with E-state index in [4.69, 9.17) is 4.74 Å². The molecule has 16 heavy (non-hydrogen) atoms. The fraction of sp³-hybridized carbons (Fsp3) is 0.750. The molecule has 3 atom stereocenters. The zero-order valence-corrected chi connectivity index (χ0v) is 10.2. The Kier molecular flexibility index (Phi) is 2.92. The van der Waals surface area contributed by atoms with E-state index < -0.39 is 0 Å². The SMILES string of the molecule is CN(C)N1C(C#N)CC[C@]2(C)CC=CO[C@H]12. The Labute approximate surface area is 97.0 Å². The molecule has 2 heterocycles. The minimum atomic E-state index is -0.0698. The molecule has 0 bridgehead atoms. The van der Waals surface area contributed by atoms with Crippen molar-refractivity contribution < 1.29 is 4.74 Å². The summed E-state index contributed by atoms with van der Waals surface area (Å²) in [6.45, 7) is 2.24. The highest BCUT2D eigenvalue weighted by molar-refractivity contribution is 5.04. The maximum absolute atomic E-state index is 9.19. The number of hydrogen-bond acceptors (Lipinski definition) is 4. The minimum absolute atomic E-state index is 0.00843. The molecule has 4 nitrogen and oxygen atoms in total. The van der Waals surface area contributed by atoms with Crippen LogP contribution in [-0.4, -0.2) is 36.4 Å². The van der Waals surface area contributed by atoms with Crippen LogP contribution in [0.2, 0.25) is 0 Å². The highest BCUT2D eigenvalue weighted by Crippen LogP contribution is 2.44. The van der Waals surface area contributed by atoms with Gasteiger partial charge in [-0.25, -0.2) is 5.01 Å². The first-order chi connectivity index (χ1) is 7.58. The van der Waals surface area contributed by atoms with E-state index in [1.54, 1.807) is 6.26 Å². The average Bonchev–Trinajstić information content (AvgIpc) is 2.26. The molecule has 0 aromatic carbocycles. The van der Waals surface area contributed by atoms with Gasteiger partial charge in [-0.3, -0.25) is 0 Å². The Morgan fingerprint density at radius 3 is 2.94 bits per heavy atom. The van der Waals surface area contributed by atoms with Crippen LogP contribution in [0.3, 0.4) is 0 Å². The maximum Gasteiger partial charge on any atom is 0.171 e. The zero-order chi connectivity index (χ0) is 11.8. The lowest BCUT2D eigenvalue weighted by atomic mass is 9.75. The molecule has 1 unspecified atom stereocenters. The minimum Gasteiger partial charge on any atom is -0.481 e. The van der Waals surface area contributed by atoms with E-state index in [-0.39, 0.29) is 17.7 Å². The van der Waals surface area contributed by atoms with Crippen molar-refractivity contribution in [2.24, 2.45) is 5.41 Å². The molecule has 0 spiro atoms. The number of piperidine rings is 1. The summed E-state index contributed by atoms with van der Waals surface area (Å²) in [5.74, 6) is 0. The lowest BCUT2D eigenvalue weighted by molar-refractivity contribution is -0.215. The molecule has 2 aliphatic rings. The fourth-order valence-electron chi connectivity index (χ4n) is 2.69. The van der Waals surface area contributed by atoms with Crippen molar-refractivity contribution in [3.63, 3.8) is 0 Å². The van der Waals surface area contributed by atoms with Gasteiger partial charge in [0.05, 0.1) is 12.3 Å². The van der Waals surface area contributed by atoms with Crippen molar-refractivity contribution in [1.29, 1.82) is 5.26 Å². The number of nitrogens with zero attached hydrogens (tertiary/aromatic N) is 3. The molecule has 1 fully saturated rings. The van der Waals surface area contributed by atoms with Gasteiger partial charge in [0.2, 0.25) is 0 Å². The van der Waals surface area contributed by atoms with Crippen LogP contribution in [0.4, 0.5) is 0 Å². The predicted molar refractivity (Wildman–Crippen MR) is 60.9 cm³/mol. The number of ether oxygens (including phenoxy) is 1. The predicted octanol–water partition coefficient (Wildman–Crippen LogP) is 1.72. The molecule has 0 N–H and O–H groups in total. The van der Waals surface area contributed by atoms with Gasteiger partial charge in [-0.15, -0.1) is 0 Å². The van der Waals surface area contributed by atoms with Gasteiger partial charge in [-0.1, -0.05) is 6.92 Å². The zero-order valence-electron chi connectivity index (χ0n) is 10.2. The quantitative estimate of drug-likeness (QED) is 0.676. The van der Waals surface area contributed by atoms with Crippen LogP contribution in [0.1, 0.15) is 26.2 Å². The first kappa shape index (κ1) is 11.4. The Morgan fingerprint density at radius 2 is 2.31 bits per heavy atom. The smallest absolute Gasteiger partial charge is 0.171 e. The number of hydrazine groups is 1. The molecule has 0 amide bonds. The summed E-state index contributed by atoms with van der Waals surface area (Å²) in [6, 6.07) is 2.30. The van der Waals surface area contributed by atoms with Crippen molar-refractivity contribution >= 4 is 0 Å². The molecule has 0 aromatic rings. The van der Waals surface area contributed by atoms with Crippen LogP contribution in [0.5, 0.6) is 0 Å². The summed E-state index contributed by atoms with van der Waals surface area (Å²) in [5.41, 5.74) is 0.131. The first-order valence-electron chi connectivity index (χ1n) is 5.74. The van der Waals surface area contributed by atoms with Gasteiger partial charge in [-0.05, 0) is 25.3 Å². The van der Waals surface area contributed by atoms with Crippen molar-refractivity contribution in [3.8, 4) is 6.07 Å². The molecule has 88 valence electrons. The third-order valence-electron chi connectivity index (χ3n) is 3.64. The van der Waals surface area contributed by atoms with E-state index in [0.717, 1.165) is 19.3 Å². The second-order valence-electron chi connectivity index (χ2n) is 5.13. The van der Waals surface area contributed by atoms with Gasteiger partial charge in [-0.2, -0.15) is 10.3 Å². The highest BCUT2D eigenvalue weighted by atomic mass is 16.5.